The van der Waals surface area contributed by atoms with Crippen molar-refractivity contribution < 1.29 is 44.8 Å². The predicted octanol–water partition coefficient (Wildman–Crippen LogP) is 9.31. The van der Waals surface area contributed by atoms with Crippen LogP contribution in [0.15, 0.2) is 91.5 Å². The van der Waals surface area contributed by atoms with Crippen LogP contribution in [-0.4, -0.2) is 38.6 Å². The molecular weight excluding hydrogens is 682 g/mol. The summed E-state index contributed by atoms with van der Waals surface area (Å²) in [5.41, 5.74) is -4.38. The number of halogens is 6. The number of piperidine rings is 1. The van der Waals surface area contributed by atoms with Gasteiger partial charge in [0.2, 0.25) is 6.10 Å². The minimum absolute atomic E-state index is 0.0427. The Kier molecular flexibility index (Phi) is 11.9. The number of likely N-dealkylation sites (tertiary alicyclic amines) is 1. The first-order valence-corrected chi connectivity index (χ1v) is 17.0. The fraction of sp³-hybridized carbons (Fsp3) is 0.405. The number of ether oxygens (including phenoxy) is 2. The topological polar surface area (TPSA) is 67.9 Å². The Hall–Kier alpha value is -3.81. The van der Waals surface area contributed by atoms with Gasteiger partial charge in [0, 0.05) is 12.1 Å². The van der Waals surface area contributed by atoms with Crippen LogP contribution in [0.3, 0.4) is 0 Å². The molecule has 0 aromatic heterocycles. The minimum Gasteiger partial charge on any atom is -0.445 e. The summed E-state index contributed by atoms with van der Waals surface area (Å²) in [6.45, 7) is 12.6. The monoisotopic (exact) mass is 723 g/mol. The Bertz CT molecular complexity index is 1610. The molecular formula is C37H41F6N2O4S+. The van der Waals surface area contributed by atoms with E-state index in [2.05, 4.69) is 18.2 Å². The summed E-state index contributed by atoms with van der Waals surface area (Å²) < 4.78 is 110. The maximum Gasteiger partial charge on any atom is 0.416 e. The third-order valence-corrected chi connectivity index (χ3v) is 10.4. The molecule has 3 aromatic carbocycles. The number of carbonyl (C=O) groups excluding carboxylic acids is 1. The summed E-state index contributed by atoms with van der Waals surface area (Å²) in [4.78, 5) is 15.7. The molecule has 0 radical (unpaired) electrons. The lowest BCUT2D eigenvalue weighted by Gasteiger charge is -2.53. The molecule has 6 nitrogen and oxygen atoms in total. The van der Waals surface area contributed by atoms with Gasteiger partial charge in [-0.05, 0) is 69.4 Å². The average Bonchev–Trinajstić information content (AvgIpc) is 3.06. The number of nitrogens with one attached hydrogen (secondary N) is 1. The zero-order chi connectivity index (χ0) is 37.0. The second-order valence-electron chi connectivity index (χ2n) is 13.4. The maximum atomic E-state index is 14.2. The first-order valence-electron chi connectivity index (χ1n) is 15.9. The van der Waals surface area contributed by atoms with Gasteiger partial charge in [-0.1, -0.05) is 66.7 Å². The molecule has 4 atom stereocenters. The fourth-order valence-electron chi connectivity index (χ4n) is 5.85. The standard InChI is InChI=1S/C37H41F6N2O4S/c1-6-17-34(44-50(47)33(3,4)5)18-19-35(29-15-11-8-12-16-29,45(24-34)32(46)48-23-27-13-9-7-10-14-27)25-49-26(2)28-20-30(36(38,39)40)22-31(21-28)37(41,42)43/h6-16,20-22,26,44H,1-2,17-19,23-25H2,3-5H3/q+1/t26-,34-,35-,50?/m1/s1. The summed E-state index contributed by atoms with van der Waals surface area (Å²) in [7, 11) is -1.56. The van der Waals surface area contributed by atoms with Crippen LogP contribution in [0, 0.1) is 6.92 Å². The van der Waals surface area contributed by atoms with Crippen molar-refractivity contribution in [3.63, 3.8) is 0 Å². The van der Waals surface area contributed by atoms with E-state index in [9.17, 15) is 35.3 Å². The molecule has 1 amide bonds. The van der Waals surface area contributed by atoms with Crippen molar-refractivity contribution in [3.8, 4) is 0 Å². The van der Waals surface area contributed by atoms with E-state index < -0.39 is 68.1 Å². The molecule has 1 fully saturated rings. The van der Waals surface area contributed by atoms with Crippen molar-refractivity contribution in [1.29, 1.82) is 0 Å². The van der Waals surface area contributed by atoms with E-state index in [1.807, 2.05) is 6.07 Å². The third kappa shape index (κ3) is 9.29. The number of alkyl halides is 6. The summed E-state index contributed by atoms with van der Waals surface area (Å²) in [5.74, 6) is 0. The van der Waals surface area contributed by atoms with Crippen LogP contribution in [0.4, 0.5) is 31.1 Å². The molecule has 1 unspecified atom stereocenters. The van der Waals surface area contributed by atoms with Gasteiger partial charge in [0.25, 0.3) is 0 Å². The largest absolute Gasteiger partial charge is 0.445 e. The van der Waals surface area contributed by atoms with E-state index in [0.29, 0.717) is 36.1 Å². The lowest BCUT2D eigenvalue weighted by molar-refractivity contribution is -0.143. The smallest absolute Gasteiger partial charge is 0.416 e. The highest BCUT2D eigenvalue weighted by Crippen LogP contribution is 2.45. The van der Waals surface area contributed by atoms with Gasteiger partial charge in [0.05, 0.1) is 51.5 Å². The molecule has 0 aliphatic carbocycles. The number of rotatable bonds is 11. The molecule has 1 aliphatic rings. The molecule has 1 aliphatic heterocycles. The van der Waals surface area contributed by atoms with E-state index in [4.69, 9.17) is 9.47 Å². The molecule has 0 spiro atoms. The Morgan fingerprint density at radius 3 is 2.04 bits per heavy atom. The molecule has 13 heteroatoms. The Morgan fingerprint density at radius 2 is 1.52 bits per heavy atom. The maximum absolute atomic E-state index is 14.2. The van der Waals surface area contributed by atoms with Gasteiger partial charge in [-0.3, -0.25) is 4.90 Å². The van der Waals surface area contributed by atoms with Crippen LogP contribution in [0.2, 0.25) is 0 Å². The van der Waals surface area contributed by atoms with Crippen LogP contribution in [-0.2, 0) is 45.0 Å². The number of hydrogen-bond acceptors (Lipinski definition) is 4. The molecule has 1 N–H and O–H groups in total. The molecule has 4 rings (SSSR count). The average molecular weight is 724 g/mol. The number of nitrogens with zero attached hydrogens (tertiary/aromatic N) is 1. The summed E-state index contributed by atoms with van der Waals surface area (Å²) in [5, 5.41) is 0. The van der Waals surface area contributed by atoms with Crippen molar-refractivity contribution in [2.24, 2.45) is 0 Å². The molecule has 1 heterocycles. The van der Waals surface area contributed by atoms with Gasteiger partial charge in [-0.25, -0.2) is 13.7 Å². The molecule has 1 saturated heterocycles. The molecule has 3 aromatic rings. The van der Waals surface area contributed by atoms with Crippen molar-refractivity contribution in [2.45, 2.75) is 80.9 Å². The van der Waals surface area contributed by atoms with E-state index in [-0.39, 0.29) is 32.2 Å². The molecule has 50 heavy (non-hydrogen) atoms. The van der Waals surface area contributed by atoms with Gasteiger partial charge < -0.3 is 9.47 Å². The summed E-state index contributed by atoms with van der Waals surface area (Å²) in [6.07, 6.45) is -9.87. The van der Waals surface area contributed by atoms with Gasteiger partial charge in [-0.15, -0.1) is 6.58 Å². The first-order chi connectivity index (χ1) is 23.3. The highest BCUT2D eigenvalue weighted by atomic mass is 32.2. The summed E-state index contributed by atoms with van der Waals surface area (Å²) >= 11 is 0. The number of amides is 1. The Morgan fingerprint density at radius 1 is 0.960 bits per heavy atom. The van der Waals surface area contributed by atoms with E-state index in [1.165, 1.54) is 4.90 Å². The Balaban J connectivity index is 1.78. The lowest BCUT2D eigenvalue weighted by atomic mass is 9.74. The van der Waals surface area contributed by atoms with Crippen molar-refractivity contribution in [3.05, 3.63) is 126 Å². The van der Waals surface area contributed by atoms with E-state index >= 15 is 0 Å². The van der Waals surface area contributed by atoms with Crippen LogP contribution in [0.5, 0.6) is 0 Å². The normalized spacial score (nSPS) is 21.3. The summed E-state index contributed by atoms with van der Waals surface area (Å²) in [6, 6.07) is 18.9. The lowest BCUT2D eigenvalue weighted by Crippen LogP contribution is -2.67. The minimum atomic E-state index is -5.06. The fourth-order valence-corrected chi connectivity index (χ4v) is 6.80. The third-order valence-electron chi connectivity index (χ3n) is 8.64. The van der Waals surface area contributed by atoms with Crippen LogP contribution in [0.1, 0.15) is 74.0 Å². The zero-order valence-electron chi connectivity index (χ0n) is 28.1. The van der Waals surface area contributed by atoms with E-state index in [0.717, 1.165) is 0 Å². The number of carbonyl (C=O) groups is 1. The van der Waals surface area contributed by atoms with Gasteiger partial charge in [0.15, 0.2) is 0 Å². The van der Waals surface area contributed by atoms with Gasteiger partial charge in [-0.2, -0.15) is 26.3 Å². The van der Waals surface area contributed by atoms with E-state index in [1.54, 1.807) is 81.4 Å². The first kappa shape index (κ1) is 39.0. The highest BCUT2D eigenvalue weighted by Gasteiger charge is 2.53. The van der Waals surface area contributed by atoms with Crippen molar-refractivity contribution in [1.82, 2.24) is 9.62 Å². The SMILES string of the molecule is C=CC[C@@]1(NS(=O)C(C)(C)C)CC[C@@](CO[C@H]([CH2+])c2cc(C(F)(F)F)cc(C(F)(F)F)c2)(c2ccccc2)N(C(=O)OCc2ccccc2)C1. The van der Waals surface area contributed by atoms with Crippen LogP contribution >= 0.6 is 0 Å². The second-order valence-corrected chi connectivity index (χ2v) is 15.4. The Labute approximate surface area is 291 Å². The second kappa shape index (κ2) is 15.2. The number of hydrogen-bond donors (Lipinski definition) is 1. The number of benzene rings is 3. The van der Waals surface area contributed by atoms with Crippen LogP contribution in [0.25, 0.3) is 0 Å². The van der Waals surface area contributed by atoms with Crippen molar-refractivity contribution in [2.75, 3.05) is 13.2 Å². The van der Waals surface area contributed by atoms with Gasteiger partial charge in [0.1, 0.15) is 6.61 Å². The van der Waals surface area contributed by atoms with Crippen molar-refractivity contribution >= 4 is 17.1 Å². The van der Waals surface area contributed by atoms with Gasteiger partial charge >= 0.3 is 18.4 Å². The molecule has 0 saturated carbocycles. The zero-order valence-corrected chi connectivity index (χ0v) is 28.9. The molecule has 0 bridgehead atoms. The molecule has 270 valence electrons. The highest BCUT2D eigenvalue weighted by molar-refractivity contribution is 7.84. The quantitative estimate of drug-likeness (QED) is 0.122. The predicted molar refractivity (Wildman–Crippen MR) is 180 cm³/mol. The van der Waals surface area contributed by atoms with Crippen LogP contribution < -0.4 is 4.72 Å².